The predicted molar refractivity (Wildman–Crippen MR) is 73.9 cm³/mol. The molecule has 100 valence electrons. The number of amidine groups is 1. The van der Waals surface area contributed by atoms with Gasteiger partial charge in [0.1, 0.15) is 0 Å². The molecule has 0 amide bonds. The molecule has 0 aromatic heterocycles. The number of ether oxygens (including phenoxy) is 2. The second-order valence-electron chi connectivity index (χ2n) is 4.36. The average molecular weight is 260 g/mol. The molecule has 17 heavy (non-hydrogen) atoms. The van der Waals surface area contributed by atoms with Crippen LogP contribution in [0.25, 0.3) is 0 Å². The van der Waals surface area contributed by atoms with Gasteiger partial charge in [0.05, 0.1) is 19.3 Å². The number of nitrogens with one attached hydrogen (secondary N) is 1. The normalized spacial score (nSPS) is 22.7. The fraction of sp³-hybridized carbons (Fsp3) is 0.917. The Bertz CT molecular complexity index is 255. The number of rotatable bonds is 7. The van der Waals surface area contributed by atoms with E-state index in [4.69, 9.17) is 9.47 Å². The van der Waals surface area contributed by atoms with Crippen molar-refractivity contribution in [1.82, 2.24) is 5.32 Å². The fourth-order valence-electron chi connectivity index (χ4n) is 1.79. The third kappa shape index (κ3) is 4.16. The van der Waals surface area contributed by atoms with Gasteiger partial charge in [-0.3, -0.25) is 4.99 Å². The van der Waals surface area contributed by atoms with Gasteiger partial charge in [-0.2, -0.15) is 0 Å². The molecule has 1 unspecified atom stereocenters. The molecule has 1 aliphatic rings. The van der Waals surface area contributed by atoms with E-state index in [0.29, 0.717) is 13.2 Å². The Kier molecular flexibility index (Phi) is 6.30. The van der Waals surface area contributed by atoms with Crippen LogP contribution in [0, 0.1) is 0 Å². The number of aliphatic imine (C=N–C) groups is 1. The number of methoxy groups -OCH3 is 2. The van der Waals surface area contributed by atoms with E-state index in [1.807, 2.05) is 11.8 Å². The second-order valence-corrected chi connectivity index (χ2v) is 5.32. The van der Waals surface area contributed by atoms with Crippen LogP contribution >= 0.6 is 11.8 Å². The van der Waals surface area contributed by atoms with Crippen LogP contribution in [-0.4, -0.2) is 49.9 Å². The van der Waals surface area contributed by atoms with Crippen LogP contribution in [0.3, 0.4) is 0 Å². The summed E-state index contributed by atoms with van der Waals surface area (Å²) in [5.74, 6) is 1.11. The van der Waals surface area contributed by atoms with Gasteiger partial charge < -0.3 is 14.8 Å². The minimum atomic E-state index is 0.0492. The van der Waals surface area contributed by atoms with Gasteiger partial charge in [-0.25, -0.2) is 0 Å². The molecule has 0 bridgehead atoms. The monoisotopic (exact) mass is 260 g/mol. The van der Waals surface area contributed by atoms with Crippen molar-refractivity contribution in [2.45, 2.75) is 38.3 Å². The Labute approximate surface area is 109 Å². The molecule has 4 nitrogen and oxygen atoms in total. The van der Waals surface area contributed by atoms with E-state index in [1.54, 1.807) is 14.2 Å². The summed E-state index contributed by atoms with van der Waals surface area (Å²) in [5, 5.41) is 4.59. The van der Waals surface area contributed by atoms with Crippen molar-refractivity contribution in [3.8, 4) is 0 Å². The van der Waals surface area contributed by atoms with Crippen LogP contribution in [0.15, 0.2) is 4.99 Å². The van der Waals surface area contributed by atoms with Gasteiger partial charge in [0.15, 0.2) is 5.17 Å². The fourth-order valence-corrected chi connectivity index (χ4v) is 3.14. The van der Waals surface area contributed by atoms with Crippen molar-refractivity contribution >= 4 is 16.9 Å². The number of nitrogens with zero attached hydrogens (tertiary/aromatic N) is 1. The summed E-state index contributed by atoms with van der Waals surface area (Å²) in [5.41, 5.74) is 0.243. The predicted octanol–water partition coefficient (Wildman–Crippen LogP) is 1.90. The maximum absolute atomic E-state index is 5.29. The van der Waals surface area contributed by atoms with E-state index in [2.05, 4.69) is 24.2 Å². The zero-order valence-electron chi connectivity index (χ0n) is 11.3. The number of hydrogen-bond acceptors (Lipinski definition) is 4. The lowest BCUT2D eigenvalue weighted by atomic mass is 9.96. The van der Waals surface area contributed by atoms with E-state index in [9.17, 15) is 0 Å². The molecule has 0 saturated carbocycles. The van der Waals surface area contributed by atoms with Gasteiger partial charge in [0.2, 0.25) is 0 Å². The molecule has 0 aromatic carbocycles. The SMILES string of the molecule is CCC1(CC)CSC(=NCC(COC)OC)N1. The standard InChI is InChI=1S/C12H24N2O2S/c1-5-12(6-2)9-17-11(14-12)13-7-10(16-4)8-15-3/h10H,5-9H2,1-4H3,(H,13,14). The van der Waals surface area contributed by atoms with Crippen molar-refractivity contribution in [1.29, 1.82) is 0 Å². The molecule has 0 spiro atoms. The molecular formula is C12H24N2O2S. The smallest absolute Gasteiger partial charge is 0.157 e. The van der Waals surface area contributed by atoms with Gasteiger partial charge in [-0.1, -0.05) is 25.6 Å². The van der Waals surface area contributed by atoms with E-state index < -0.39 is 0 Å². The van der Waals surface area contributed by atoms with Crippen molar-refractivity contribution in [3.63, 3.8) is 0 Å². The summed E-state index contributed by atoms with van der Waals surface area (Å²) in [4.78, 5) is 4.57. The van der Waals surface area contributed by atoms with Crippen LogP contribution in [0.2, 0.25) is 0 Å². The first-order valence-electron chi connectivity index (χ1n) is 6.16. The molecule has 0 radical (unpaired) electrons. The molecule has 1 heterocycles. The first-order chi connectivity index (χ1) is 8.19. The lowest BCUT2D eigenvalue weighted by molar-refractivity contribution is 0.0344. The van der Waals surface area contributed by atoms with E-state index >= 15 is 0 Å². The molecule has 1 saturated heterocycles. The van der Waals surface area contributed by atoms with Gasteiger partial charge in [-0.15, -0.1) is 0 Å². The summed E-state index contributed by atoms with van der Waals surface area (Å²) in [6.45, 7) is 5.69. The third-order valence-corrected chi connectivity index (χ3v) is 4.54. The van der Waals surface area contributed by atoms with E-state index in [-0.39, 0.29) is 11.6 Å². The Hall–Kier alpha value is -0.260. The summed E-state index contributed by atoms with van der Waals surface area (Å²) < 4.78 is 10.4. The molecule has 0 aromatic rings. The third-order valence-electron chi connectivity index (χ3n) is 3.34. The summed E-state index contributed by atoms with van der Waals surface area (Å²) in [6, 6.07) is 0. The van der Waals surface area contributed by atoms with Crippen molar-refractivity contribution in [2.75, 3.05) is 33.1 Å². The van der Waals surface area contributed by atoms with Crippen LogP contribution in [0.5, 0.6) is 0 Å². The highest BCUT2D eigenvalue weighted by molar-refractivity contribution is 8.14. The molecule has 5 heteroatoms. The highest BCUT2D eigenvalue weighted by Gasteiger charge is 2.33. The topological polar surface area (TPSA) is 42.9 Å². The first-order valence-corrected chi connectivity index (χ1v) is 7.15. The second kappa shape index (κ2) is 7.24. The Morgan fingerprint density at radius 3 is 2.59 bits per heavy atom. The van der Waals surface area contributed by atoms with Gasteiger partial charge in [0, 0.05) is 25.5 Å². The Morgan fingerprint density at radius 2 is 2.12 bits per heavy atom. The van der Waals surface area contributed by atoms with Crippen molar-refractivity contribution in [3.05, 3.63) is 0 Å². The lowest BCUT2D eigenvalue weighted by Crippen LogP contribution is -2.42. The zero-order valence-corrected chi connectivity index (χ0v) is 12.1. The van der Waals surface area contributed by atoms with Crippen molar-refractivity contribution in [2.24, 2.45) is 4.99 Å². The van der Waals surface area contributed by atoms with E-state index in [0.717, 1.165) is 23.8 Å². The first kappa shape index (κ1) is 14.8. The maximum atomic E-state index is 5.29. The molecule has 1 fully saturated rings. The number of thioether (sulfide) groups is 1. The highest BCUT2D eigenvalue weighted by atomic mass is 32.2. The van der Waals surface area contributed by atoms with Crippen LogP contribution in [-0.2, 0) is 9.47 Å². The van der Waals surface area contributed by atoms with Gasteiger partial charge >= 0.3 is 0 Å². The van der Waals surface area contributed by atoms with Gasteiger partial charge in [-0.05, 0) is 12.8 Å². The number of hydrogen-bond donors (Lipinski definition) is 1. The largest absolute Gasteiger partial charge is 0.382 e. The maximum Gasteiger partial charge on any atom is 0.157 e. The molecule has 0 aliphatic carbocycles. The Morgan fingerprint density at radius 1 is 1.41 bits per heavy atom. The minimum absolute atomic E-state index is 0.0492. The molecule has 1 N–H and O–H groups in total. The summed E-state index contributed by atoms with van der Waals surface area (Å²) in [6.07, 6.45) is 2.33. The quantitative estimate of drug-likeness (QED) is 0.759. The highest BCUT2D eigenvalue weighted by Crippen LogP contribution is 2.28. The summed E-state index contributed by atoms with van der Waals surface area (Å²) in [7, 11) is 3.38. The molecule has 1 aliphatic heterocycles. The van der Waals surface area contributed by atoms with Crippen LogP contribution in [0.4, 0.5) is 0 Å². The minimum Gasteiger partial charge on any atom is -0.382 e. The zero-order chi connectivity index (χ0) is 12.7. The van der Waals surface area contributed by atoms with Crippen LogP contribution < -0.4 is 5.32 Å². The molecule has 1 atom stereocenters. The van der Waals surface area contributed by atoms with E-state index in [1.165, 1.54) is 0 Å². The van der Waals surface area contributed by atoms with Gasteiger partial charge in [0.25, 0.3) is 0 Å². The van der Waals surface area contributed by atoms with Crippen LogP contribution in [0.1, 0.15) is 26.7 Å². The average Bonchev–Trinajstić information content (AvgIpc) is 2.79. The van der Waals surface area contributed by atoms with Crippen molar-refractivity contribution < 1.29 is 9.47 Å². The molecular weight excluding hydrogens is 236 g/mol. The molecule has 1 rings (SSSR count). The lowest BCUT2D eigenvalue weighted by Gasteiger charge is -2.25. The Balaban J connectivity index is 2.47. The summed E-state index contributed by atoms with van der Waals surface area (Å²) >= 11 is 1.81.